The van der Waals surface area contributed by atoms with Crippen LogP contribution in [0.25, 0.3) is 0 Å². The molecule has 19 heavy (non-hydrogen) atoms. The van der Waals surface area contributed by atoms with Crippen molar-refractivity contribution >= 4 is 32.7 Å². The first kappa shape index (κ1) is 16.7. The van der Waals surface area contributed by atoms with Gasteiger partial charge in [-0.1, -0.05) is 52.9 Å². The van der Waals surface area contributed by atoms with Crippen LogP contribution < -0.4 is 0 Å². The SMILES string of the molecule is O=S(=O)(CCCI)OC(c1ccccc1)C(F)(F)F. The van der Waals surface area contributed by atoms with Gasteiger partial charge in [-0.2, -0.15) is 21.6 Å². The molecule has 0 aliphatic carbocycles. The van der Waals surface area contributed by atoms with Gasteiger partial charge in [0.05, 0.1) is 5.75 Å². The lowest BCUT2D eigenvalue weighted by molar-refractivity contribution is -0.196. The minimum Gasteiger partial charge on any atom is -0.252 e. The average Bonchev–Trinajstić information content (AvgIpc) is 2.33. The van der Waals surface area contributed by atoms with E-state index in [1.54, 1.807) is 6.07 Å². The van der Waals surface area contributed by atoms with Crippen molar-refractivity contribution in [3.8, 4) is 0 Å². The minimum atomic E-state index is -4.78. The van der Waals surface area contributed by atoms with Crippen LogP contribution in [0.15, 0.2) is 30.3 Å². The zero-order valence-corrected chi connectivity index (χ0v) is 12.7. The number of alkyl halides is 4. The van der Waals surface area contributed by atoms with Crippen molar-refractivity contribution in [3.05, 3.63) is 35.9 Å². The molecule has 0 saturated heterocycles. The molecule has 0 amide bonds. The molecule has 108 valence electrons. The highest BCUT2D eigenvalue weighted by Crippen LogP contribution is 2.37. The smallest absolute Gasteiger partial charge is 0.252 e. The summed E-state index contributed by atoms with van der Waals surface area (Å²) < 4.78 is 66.5. The molecule has 1 atom stereocenters. The molecule has 0 radical (unpaired) electrons. The van der Waals surface area contributed by atoms with E-state index in [-0.39, 0.29) is 12.0 Å². The highest BCUT2D eigenvalue weighted by Gasteiger charge is 2.44. The van der Waals surface area contributed by atoms with Crippen molar-refractivity contribution in [2.75, 3.05) is 10.2 Å². The molecule has 1 aromatic rings. The molecule has 1 unspecified atom stereocenters. The van der Waals surface area contributed by atoms with Gasteiger partial charge < -0.3 is 0 Å². The van der Waals surface area contributed by atoms with Crippen LogP contribution in [0.2, 0.25) is 0 Å². The van der Waals surface area contributed by atoms with E-state index < -0.39 is 28.2 Å². The predicted octanol–water partition coefficient (Wildman–Crippen LogP) is 3.46. The molecule has 0 N–H and O–H groups in total. The van der Waals surface area contributed by atoms with Gasteiger partial charge in [0.1, 0.15) is 0 Å². The van der Waals surface area contributed by atoms with E-state index in [2.05, 4.69) is 4.18 Å². The van der Waals surface area contributed by atoms with Crippen LogP contribution in [-0.4, -0.2) is 24.8 Å². The van der Waals surface area contributed by atoms with Crippen molar-refractivity contribution < 1.29 is 25.8 Å². The second-order valence-corrected chi connectivity index (χ2v) is 6.53. The summed E-state index contributed by atoms with van der Waals surface area (Å²) in [5, 5.41) is 0. The minimum absolute atomic E-state index is 0.229. The van der Waals surface area contributed by atoms with Crippen molar-refractivity contribution in [3.63, 3.8) is 0 Å². The second kappa shape index (κ2) is 6.89. The highest BCUT2D eigenvalue weighted by molar-refractivity contribution is 14.1. The second-order valence-electron chi connectivity index (χ2n) is 3.73. The van der Waals surface area contributed by atoms with Crippen LogP contribution in [-0.2, 0) is 14.3 Å². The normalized spacial score (nSPS) is 14.3. The molecular weight excluding hydrogens is 396 g/mol. The fraction of sp³-hybridized carbons (Fsp3) is 0.455. The van der Waals surface area contributed by atoms with Gasteiger partial charge in [-0.15, -0.1) is 0 Å². The largest absolute Gasteiger partial charge is 0.420 e. The summed E-state index contributed by atoms with van der Waals surface area (Å²) in [4.78, 5) is 0. The molecule has 0 fully saturated rings. The van der Waals surface area contributed by atoms with E-state index in [1.807, 2.05) is 22.6 Å². The van der Waals surface area contributed by atoms with Crippen LogP contribution in [0.4, 0.5) is 13.2 Å². The van der Waals surface area contributed by atoms with E-state index >= 15 is 0 Å². The molecule has 3 nitrogen and oxygen atoms in total. The van der Waals surface area contributed by atoms with Crippen molar-refractivity contribution in [2.45, 2.75) is 18.7 Å². The average molecular weight is 408 g/mol. The molecule has 1 aromatic carbocycles. The van der Waals surface area contributed by atoms with Gasteiger partial charge in [0, 0.05) is 4.43 Å². The van der Waals surface area contributed by atoms with E-state index in [0.717, 1.165) is 0 Å². The molecular formula is C11H12F3IO3S. The maximum Gasteiger partial charge on any atom is 0.420 e. The highest BCUT2D eigenvalue weighted by atomic mass is 127. The summed E-state index contributed by atoms with van der Waals surface area (Å²) >= 11 is 1.95. The lowest BCUT2D eigenvalue weighted by Crippen LogP contribution is -2.27. The lowest BCUT2D eigenvalue weighted by atomic mass is 10.1. The van der Waals surface area contributed by atoms with Crippen LogP contribution >= 0.6 is 22.6 Å². The number of rotatable bonds is 6. The lowest BCUT2D eigenvalue weighted by Gasteiger charge is -2.20. The van der Waals surface area contributed by atoms with E-state index in [1.165, 1.54) is 24.3 Å². The fourth-order valence-electron chi connectivity index (χ4n) is 1.35. The Bertz CT molecular complexity index is 488. The zero-order chi connectivity index (χ0) is 14.5. The van der Waals surface area contributed by atoms with Crippen LogP contribution in [0.1, 0.15) is 18.1 Å². The van der Waals surface area contributed by atoms with Crippen molar-refractivity contribution in [2.24, 2.45) is 0 Å². The summed E-state index contributed by atoms with van der Waals surface area (Å²) in [6.07, 6.45) is -6.98. The first-order valence-electron chi connectivity index (χ1n) is 5.35. The van der Waals surface area contributed by atoms with E-state index in [0.29, 0.717) is 4.43 Å². The molecule has 0 bridgehead atoms. The summed E-state index contributed by atoms with van der Waals surface area (Å²) in [5.74, 6) is -0.421. The Labute approximate surface area is 123 Å². The van der Waals surface area contributed by atoms with Crippen LogP contribution in [0.3, 0.4) is 0 Å². The third-order valence-corrected chi connectivity index (χ3v) is 4.21. The topological polar surface area (TPSA) is 43.4 Å². The summed E-state index contributed by atoms with van der Waals surface area (Å²) in [5.41, 5.74) is -0.229. The summed E-state index contributed by atoms with van der Waals surface area (Å²) in [7, 11) is -4.20. The Balaban J connectivity index is 2.95. The molecule has 0 saturated carbocycles. The van der Waals surface area contributed by atoms with Crippen molar-refractivity contribution in [1.29, 1.82) is 0 Å². The molecule has 1 rings (SSSR count). The quantitative estimate of drug-likeness (QED) is 0.412. The van der Waals surface area contributed by atoms with E-state index in [9.17, 15) is 21.6 Å². The Morgan fingerprint density at radius 3 is 2.26 bits per heavy atom. The number of hydrogen-bond acceptors (Lipinski definition) is 3. The number of halogens is 4. The van der Waals surface area contributed by atoms with Gasteiger partial charge in [0.2, 0.25) is 0 Å². The maximum atomic E-state index is 12.9. The summed E-state index contributed by atoms with van der Waals surface area (Å²) in [6, 6.07) is 6.71. The molecule has 0 spiro atoms. The molecule has 0 aromatic heterocycles. The van der Waals surface area contributed by atoms with Crippen LogP contribution in [0, 0.1) is 0 Å². The first-order valence-corrected chi connectivity index (χ1v) is 8.45. The Hall–Kier alpha value is -0.350. The fourth-order valence-corrected chi connectivity index (χ4v) is 3.36. The monoisotopic (exact) mass is 408 g/mol. The van der Waals surface area contributed by atoms with Gasteiger partial charge in [-0.25, -0.2) is 0 Å². The Morgan fingerprint density at radius 1 is 1.21 bits per heavy atom. The third kappa shape index (κ3) is 5.65. The third-order valence-electron chi connectivity index (χ3n) is 2.17. The maximum absolute atomic E-state index is 12.9. The first-order chi connectivity index (χ1) is 8.76. The van der Waals surface area contributed by atoms with Gasteiger partial charge in [0.25, 0.3) is 10.1 Å². The molecule has 0 aliphatic heterocycles. The zero-order valence-electron chi connectivity index (χ0n) is 9.73. The van der Waals surface area contributed by atoms with Crippen molar-refractivity contribution in [1.82, 2.24) is 0 Å². The Morgan fingerprint density at radius 2 is 1.79 bits per heavy atom. The van der Waals surface area contributed by atoms with E-state index in [4.69, 9.17) is 0 Å². The summed E-state index contributed by atoms with van der Waals surface area (Å²) in [6.45, 7) is 0. The predicted molar refractivity (Wildman–Crippen MR) is 73.6 cm³/mol. The number of hydrogen-bond donors (Lipinski definition) is 0. The molecule has 0 aliphatic rings. The molecule has 8 heteroatoms. The molecule has 0 heterocycles. The van der Waals surface area contributed by atoms with Gasteiger partial charge >= 0.3 is 6.18 Å². The van der Waals surface area contributed by atoms with Crippen LogP contribution in [0.5, 0.6) is 0 Å². The van der Waals surface area contributed by atoms with Gasteiger partial charge in [-0.3, -0.25) is 4.18 Å². The van der Waals surface area contributed by atoms with Gasteiger partial charge in [-0.05, 0) is 12.0 Å². The number of benzene rings is 1. The Kier molecular flexibility index (Phi) is 6.06. The standard InChI is InChI=1S/C11H12F3IO3S/c12-11(13,14)10(9-5-2-1-3-6-9)18-19(16,17)8-4-7-15/h1-3,5-6,10H,4,7-8H2. The van der Waals surface area contributed by atoms with Gasteiger partial charge in [0.15, 0.2) is 6.10 Å².